The number of rotatable bonds is 2. The van der Waals surface area contributed by atoms with Crippen molar-refractivity contribution >= 4 is 21.7 Å². The highest BCUT2D eigenvalue weighted by atomic mass is 32.2. The Balaban J connectivity index is 2.59. The molecule has 0 saturated carbocycles. The molecule has 0 atom stereocenters. The minimum atomic E-state index is -3.75. The van der Waals surface area contributed by atoms with E-state index in [0.717, 1.165) is 5.56 Å². The zero-order valence-electron chi connectivity index (χ0n) is 9.43. The minimum absolute atomic E-state index is 0.0613. The van der Waals surface area contributed by atoms with Crippen molar-refractivity contribution in [3.8, 4) is 0 Å². The van der Waals surface area contributed by atoms with Gasteiger partial charge in [-0.15, -0.1) is 0 Å². The van der Waals surface area contributed by atoms with Crippen LogP contribution in [0.25, 0.3) is 0 Å². The van der Waals surface area contributed by atoms with Gasteiger partial charge < -0.3 is 4.74 Å². The Hall–Kier alpha value is -1.69. The van der Waals surface area contributed by atoms with Crippen LogP contribution >= 0.6 is 0 Å². The van der Waals surface area contributed by atoms with Crippen LogP contribution in [0.4, 0.5) is 0 Å². The number of benzene rings is 1. The highest BCUT2D eigenvalue weighted by Gasteiger charge is 2.33. The first-order valence-electron chi connectivity index (χ1n) is 5.09. The van der Waals surface area contributed by atoms with E-state index in [1.165, 1.54) is 6.07 Å². The summed E-state index contributed by atoms with van der Waals surface area (Å²) in [6.07, 6.45) is 0. The molecule has 0 spiro atoms. The quantitative estimate of drug-likeness (QED) is 0.738. The van der Waals surface area contributed by atoms with E-state index in [-0.39, 0.29) is 17.2 Å². The summed E-state index contributed by atoms with van der Waals surface area (Å²) in [5.74, 6) is -0.708. The summed E-state index contributed by atoms with van der Waals surface area (Å²) in [6, 6.07) is 4.74. The van der Waals surface area contributed by atoms with E-state index in [1.807, 2.05) is 6.92 Å². The standard InChI is InChI=1S/C11H11NO4S/c1-3-16-11(13)10-8-6-7(2)4-5-9(8)17(14,15)12-10/h4-6H,3H2,1-2H3. The van der Waals surface area contributed by atoms with Crippen molar-refractivity contribution < 1.29 is 17.9 Å². The normalized spacial score (nSPS) is 16.2. The molecule has 0 fully saturated rings. The molecule has 0 aliphatic carbocycles. The lowest BCUT2D eigenvalue weighted by molar-refractivity contribution is -0.134. The van der Waals surface area contributed by atoms with Gasteiger partial charge in [0.2, 0.25) is 0 Å². The van der Waals surface area contributed by atoms with Crippen molar-refractivity contribution in [2.45, 2.75) is 18.7 Å². The second-order valence-corrected chi connectivity index (χ2v) is 5.21. The molecule has 2 rings (SSSR count). The summed E-state index contributed by atoms with van der Waals surface area (Å²) in [6.45, 7) is 3.64. The lowest BCUT2D eigenvalue weighted by atomic mass is 10.1. The molecule has 0 bridgehead atoms. The fraction of sp³-hybridized carbons (Fsp3) is 0.273. The molecule has 17 heavy (non-hydrogen) atoms. The second kappa shape index (κ2) is 3.96. The maximum absolute atomic E-state index is 11.7. The van der Waals surface area contributed by atoms with Crippen molar-refractivity contribution in [1.29, 1.82) is 0 Å². The van der Waals surface area contributed by atoms with Gasteiger partial charge in [-0.25, -0.2) is 4.79 Å². The first-order chi connectivity index (χ1) is 7.95. The third-order valence-electron chi connectivity index (χ3n) is 2.35. The number of carbonyl (C=O) groups excluding carboxylic acids is 1. The highest BCUT2D eigenvalue weighted by molar-refractivity contribution is 7.90. The first-order valence-corrected chi connectivity index (χ1v) is 6.53. The fourth-order valence-electron chi connectivity index (χ4n) is 1.62. The summed E-state index contributed by atoms with van der Waals surface area (Å²) in [5.41, 5.74) is 1.05. The third-order valence-corrected chi connectivity index (χ3v) is 3.68. The zero-order valence-corrected chi connectivity index (χ0v) is 10.2. The summed E-state index contributed by atoms with van der Waals surface area (Å²) in [4.78, 5) is 11.7. The summed E-state index contributed by atoms with van der Waals surface area (Å²) in [5, 5.41) is 0. The lowest BCUT2D eigenvalue weighted by Crippen LogP contribution is -2.17. The SMILES string of the molecule is CCOC(=O)C1=NS(=O)(=O)c2ccc(C)cc21. The smallest absolute Gasteiger partial charge is 0.358 e. The average molecular weight is 253 g/mol. The number of hydrogen-bond donors (Lipinski definition) is 0. The number of carbonyl (C=O) groups is 1. The van der Waals surface area contributed by atoms with Crippen LogP contribution in [0.2, 0.25) is 0 Å². The van der Waals surface area contributed by atoms with Gasteiger partial charge in [0.15, 0.2) is 5.71 Å². The van der Waals surface area contributed by atoms with Gasteiger partial charge in [0.1, 0.15) is 0 Å². The molecule has 1 aliphatic heterocycles. The van der Waals surface area contributed by atoms with Crippen LogP contribution in [0, 0.1) is 6.92 Å². The molecule has 1 aromatic carbocycles. The molecule has 0 saturated heterocycles. The van der Waals surface area contributed by atoms with Crippen LogP contribution in [-0.4, -0.2) is 26.7 Å². The third kappa shape index (κ3) is 1.95. The van der Waals surface area contributed by atoms with Crippen LogP contribution < -0.4 is 0 Å². The molecule has 0 amide bonds. The van der Waals surface area contributed by atoms with Crippen LogP contribution in [0.5, 0.6) is 0 Å². The number of hydrogen-bond acceptors (Lipinski definition) is 4. The average Bonchev–Trinajstić information content (AvgIpc) is 2.51. The largest absolute Gasteiger partial charge is 0.461 e. The molecule has 5 nitrogen and oxygen atoms in total. The Bertz CT molecular complexity index is 616. The molecule has 0 radical (unpaired) electrons. The highest BCUT2D eigenvalue weighted by Crippen LogP contribution is 2.27. The summed E-state index contributed by atoms with van der Waals surface area (Å²) < 4.78 is 31.6. The summed E-state index contributed by atoms with van der Waals surface area (Å²) >= 11 is 0. The Labute approximate surface area is 99.2 Å². The number of ether oxygens (including phenoxy) is 1. The van der Waals surface area contributed by atoms with E-state index in [2.05, 4.69) is 4.40 Å². The molecule has 6 heteroatoms. The number of nitrogens with zero attached hydrogens (tertiary/aromatic N) is 1. The fourth-order valence-corrected chi connectivity index (χ4v) is 2.80. The minimum Gasteiger partial charge on any atom is -0.461 e. The Kier molecular flexibility index (Phi) is 2.74. The Morgan fingerprint density at radius 2 is 2.12 bits per heavy atom. The van der Waals surface area contributed by atoms with Gasteiger partial charge in [-0.05, 0) is 26.0 Å². The molecular weight excluding hydrogens is 242 g/mol. The maximum Gasteiger partial charge on any atom is 0.358 e. The van der Waals surface area contributed by atoms with E-state index in [9.17, 15) is 13.2 Å². The number of aryl methyl sites for hydroxylation is 1. The lowest BCUT2D eigenvalue weighted by Gasteiger charge is -2.02. The molecule has 0 unspecified atom stereocenters. The molecule has 90 valence electrons. The van der Waals surface area contributed by atoms with Crippen LogP contribution in [0.1, 0.15) is 18.1 Å². The first kappa shape index (κ1) is 11.8. The van der Waals surface area contributed by atoms with Crippen molar-refractivity contribution in [1.82, 2.24) is 0 Å². The molecule has 0 N–H and O–H groups in total. The second-order valence-electron chi connectivity index (χ2n) is 3.64. The molecule has 1 aromatic rings. The predicted octanol–water partition coefficient (Wildman–Crippen LogP) is 1.05. The number of esters is 1. The monoisotopic (exact) mass is 253 g/mol. The zero-order chi connectivity index (χ0) is 12.6. The molecular formula is C11H11NO4S. The van der Waals surface area contributed by atoms with Crippen LogP contribution in [-0.2, 0) is 19.6 Å². The molecule has 1 aliphatic rings. The van der Waals surface area contributed by atoms with Gasteiger partial charge in [-0.3, -0.25) is 0 Å². The Morgan fingerprint density at radius 3 is 2.76 bits per heavy atom. The van der Waals surface area contributed by atoms with E-state index < -0.39 is 16.0 Å². The van der Waals surface area contributed by atoms with Gasteiger partial charge in [-0.1, -0.05) is 11.6 Å². The molecule has 0 aromatic heterocycles. The molecule has 1 heterocycles. The van der Waals surface area contributed by atoms with Gasteiger partial charge in [-0.2, -0.15) is 12.8 Å². The summed E-state index contributed by atoms with van der Waals surface area (Å²) in [7, 11) is -3.75. The number of fused-ring (bicyclic) bond motifs is 1. The predicted molar refractivity (Wildman–Crippen MR) is 61.5 cm³/mol. The van der Waals surface area contributed by atoms with Crippen molar-refractivity contribution in [3.63, 3.8) is 0 Å². The van der Waals surface area contributed by atoms with Gasteiger partial charge in [0, 0.05) is 5.56 Å². The van der Waals surface area contributed by atoms with E-state index >= 15 is 0 Å². The Morgan fingerprint density at radius 1 is 1.41 bits per heavy atom. The maximum atomic E-state index is 11.7. The van der Waals surface area contributed by atoms with E-state index in [0.29, 0.717) is 5.56 Å². The van der Waals surface area contributed by atoms with Gasteiger partial charge in [0.05, 0.1) is 11.5 Å². The van der Waals surface area contributed by atoms with E-state index in [1.54, 1.807) is 19.1 Å². The topological polar surface area (TPSA) is 72.8 Å². The van der Waals surface area contributed by atoms with Gasteiger partial charge in [0.25, 0.3) is 10.0 Å². The van der Waals surface area contributed by atoms with Crippen LogP contribution in [0.15, 0.2) is 27.5 Å². The van der Waals surface area contributed by atoms with E-state index in [4.69, 9.17) is 4.74 Å². The van der Waals surface area contributed by atoms with Crippen molar-refractivity contribution in [2.75, 3.05) is 6.61 Å². The van der Waals surface area contributed by atoms with Crippen LogP contribution in [0.3, 0.4) is 0 Å². The van der Waals surface area contributed by atoms with Crippen molar-refractivity contribution in [2.24, 2.45) is 4.40 Å². The van der Waals surface area contributed by atoms with Crippen molar-refractivity contribution in [3.05, 3.63) is 29.3 Å². The number of sulfonamides is 1. The van der Waals surface area contributed by atoms with Gasteiger partial charge >= 0.3 is 5.97 Å².